The van der Waals surface area contributed by atoms with E-state index in [4.69, 9.17) is 0 Å². The van der Waals surface area contributed by atoms with Gasteiger partial charge in [0.1, 0.15) is 5.83 Å². The van der Waals surface area contributed by atoms with Gasteiger partial charge < -0.3 is 4.74 Å². The zero-order valence-electron chi connectivity index (χ0n) is 22.1. The van der Waals surface area contributed by atoms with Crippen molar-refractivity contribution in [3.8, 4) is 5.75 Å². The lowest BCUT2D eigenvalue weighted by molar-refractivity contribution is -0.0546. The molecule has 206 valence electrons. The molecule has 1 nitrogen and oxygen atoms in total. The van der Waals surface area contributed by atoms with Crippen molar-refractivity contribution in [1.29, 1.82) is 0 Å². The first kappa shape index (κ1) is 28.2. The lowest BCUT2D eigenvalue weighted by Crippen LogP contribution is -2.26. The molecule has 2 fully saturated rings. The van der Waals surface area contributed by atoms with E-state index in [1.54, 1.807) is 12.2 Å². The SMILES string of the molecule is CC1CCC(CCCCC2CCC(C3C=C(F)C(c4cc(F)c(OC(F)F)c(F)c4)=CC3C)CC2)CC1. The standard InChI is InChI=1S/C31H41F5O/c1-19-7-9-21(10-8-19)5-3-4-6-22-11-13-23(14-12-22)25-18-27(32)26(15-20(25)2)24-16-28(33)30(29(34)17-24)37-31(35)36/h15-23,25,31H,3-14H2,1-2H3. The van der Waals surface area contributed by atoms with Crippen LogP contribution in [0.2, 0.25) is 0 Å². The molecule has 1 aromatic carbocycles. The number of hydrogen-bond acceptors (Lipinski definition) is 1. The van der Waals surface area contributed by atoms with E-state index in [-0.39, 0.29) is 23.0 Å². The topological polar surface area (TPSA) is 9.23 Å². The molecule has 2 unspecified atom stereocenters. The van der Waals surface area contributed by atoms with Crippen molar-refractivity contribution >= 4 is 5.57 Å². The minimum atomic E-state index is -3.35. The fraction of sp³-hybridized carbons (Fsp3) is 0.677. The second-order valence-electron chi connectivity index (χ2n) is 11.9. The van der Waals surface area contributed by atoms with Crippen LogP contribution in [0.1, 0.15) is 96.5 Å². The average Bonchev–Trinajstić information content (AvgIpc) is 2.86. The van der Waals surface area contributed by atoms with E-state index in [0.717, 1.165) is 42.7 Å². The Morgan fingerprint density at radius 2 is 1.32 bits per heavy atom. The number of rotatable bonds is 9. The number of benzene rings is 1. The van der Waals surface area contributed by atoms with Crippen molar-refractivity contribution in [3.05, 3.63) is 47.3 Å². The molecule has 3 aliphatic carbocycles. The summed E-state index contributed by atoms with van der Waals surface area (Å²) in [6.45, 7) is 1.03. The third-order valence-electron chi connectivity index (χ3n) is 9.19. The van der Waals surface area contributed by atoms with E-state index in [0.29, 0.717) is 5.92 Å². The quantitative estimate of drug-likeness (QED) is 0.231. The van der Waals surface area contributed by atoms with Gasteiger partial charge in [0.2, 0.25) is 0 Å². The molecule has 0 spiro atoms. The van der Waals surface area contributed by atoms with Crippen LogP contribution in [0.25, 0.3) is 5.57 Å². The van der Waals surface area contributed by atoms with Crippen molar-refractivity contribution in [2.75, 3.05) is 0 Å². The molecule has 0 aromatic heterocycles. The van der Waals surface area contributed by atoms with Gasteiger partial charge in [-0.15, -0.1) is 0 Å². The van der Waals surface area contributed by atoms with Crippen LogP contribution in [-0.2, 0) is 0 Å². The van der Waals surface area contributed by atoms with Crippen molar-refractivity contribution in [2.24, 2.45) is 35.5 Å². The zero-order valence-corrected chi connectivity index (χ0v) is 22.1. The average molecular weight is 525 g/mol. The Hall–Kier alpha value is -1.85. The van der Waals surface area contributed by atoms with Crippen molar-refractivity contribution in [1.82, 2.24) is 0 Å². The van der Waals surface area contributed by atoms with Crippen LogP contribution in [0.4, 0.5) is 22.0 Å². The minimum Gasteiger partial charge on any atom is -0.429 e. The second-order valence-corrected chi connectivity index (χ2v) is 11.9. The molecule has 0 heterocycles. The third-order valence-corrected chi connectivity index (χ3v) is 9.19. The Kier molecular flexibility index (Phi) is 9.74. The Morgan fingerprint density at radius 3 is 1.86 bits per heavy atom. The first-order valence-electron chi connectivity index (χ1n) is 14.2. The molecule has 0 N–H and O–H groups in total. The summed E-state index contributed by atoms with van der Waals surface area (Å²) in [6.07, 6.45) is 18.8. The van der Waals surface area contributed by atoms with Crippen LogP contribution >= 0.6 is 0 Å². The molecule has 0 amide bonds. The second kappa shape index (κ2) is 12.8. The predicted octanol–water partition coefficient (Wildman–Crippen LogP) is 10.3. The van der Waals surface area contributed by atoms with Gasteiger partial charge in [-0.05, 0) is 72.1 Å². The maximum atomic E-state index is 15.1. The van der Waals surface area contributed by atoms with Crippen LogP contribution < -0.4 is 4.74 Å². The normalized spacial score (nSPS) is 30.7. The van der Waals surface area contributed by atoms with E-state index < -0.39 is 29.8 Å². The van der Waals surface area contributed by atoms with E-state index in [2.05, 4.69) is 11.7 Å². The Labute approximate surface area is 218 Å². The maximum Gasteiger partial charge on any atom is 0.387 e. The molecule has 4 rings (SSSR count). The molecule has 0 bridgehead atoms. The molecule has 0 radical (unpaired) electrons. The van der Waals surface area contributed by atoms with Gasteiger partial charge in [0, 0.05) is 5.57 Å². The van der Waals surface area contributed by atoms with Gasteiger partial charge in [0.15, 0.2) is 17.4 Å². The molecule has 1 aromatic rings. The van der Waals surface area contributed by atoms with Crippen LogP contribution in [0.15, 0.2) is 30.1 Å². The molecule has 0 saturated heterocycles. The lowest BCUT2D eigenvalue weighted by Gasteiger charge is -2.36. The highest BCUT2D eigenvalue weighted by atomic mass is 19.3. The van der Waals surface area contributed by atoms with Crippen LogP contribution in [-0.4, -0.2) is 6.61 Å². The van der Waals surface area contributed by atoms with Gasteiger partial charge in [-0.1, -0.05) is 84.1 Å². The van der Waals surface area contributed by atoms with Crippen molar-refractivity contribution in [3.63, 3.8) is 0 Å². The fourth-order valence-corrected chi connectivity index (χ4v) is 6.93. The maximum absolute atomic E-state index is 15.1. The van der Waals surface area contributed by atoms with E-state index in [1.165, 1.54) is 64.2 Å². The number of allylic oxidation sites excluding steroid dienone is 4. The van der Waals surface area contributed by atoms with E-state index >= 15 is 4.39 Å². The van der Waals surface area contributed by atoms with Crippen LogP contribution in [0, 0.1) is 47.1 Å². The molecule has 37 heavy (non-hydrogen) atoms. The molecule has 0 aliphatic heterocycles. The molecule has 2 saturated carbocycles. The van der Waals surface area contributed by atoms with Gasteiger partial charge in [-0.2, -0.15) is 8.78 Å². The largest absolute Gasteiger partial charge is 0.429 e. The highest BCUT2D eigenvalue weighted by molar-refractivity contribution is 5.78. The van der Waals surface area contributed by atoms with Crippen LogP contribution in [0.3, 0.4) is 0 Å². The smallest absolute Gasteiger partial charge is 0.387 e. The van der Waals surface area contributed by atoms with Gasteiger partial charge in [0.05, 0.1) is 0 Å². The van der Waals surface area contributed by atoms with Crippen LogP contribution in [0.5, 0.6) is 5.75 Å². The van der Waals surface area contributed by atoms with E-state index in [9.17, 15) is 17.6 Å². The Bertz CT molecular complexity index is 931. The summed E-state index contributed by atoms with van der Waals surface area (Å²) in [6, 6.07) is 1.71. The Balaban J connectivity index is 1.26. The summed E-state index contributed by atoms with van der Waals surface area (Å²) in [5.74, 6) is -1.12. The number of unbranched alkanes of at least 4 members (excludes halogenated alkanes) is 1. The van der Waals surface area contributed by atoms with Gasteiger partial charge in [0.25, 0.3) is 0 Å². The number of alkyl halides is 2. The van der Waals surface area contributed by atoms with Gasteiger partial charge >= 0.3 is 6.61 Å². The zero-order chi connectivity index (χ0) is 26.5. The third kappa shape index (κ3) is 7.38. The highest BCUT2D eigenvalue weighted by Crippen LogP contribution is 2.44. The molecular weight excluding hydrogens is 483 g/mol. The molecule has 2 atom stereocenters. The monoisotopic (exact) mass is 524 g/mol. The minimum absolute atomic E-state index is 0.0115. The first-order valence-corrected chi connectivity index (χ1v) is 14.2. The Morgan fingerprint density at radius 1 is 0.784 bits per heavy atom. The number of hydrogen-bond donors (Lipinski definition) is 0. The summed E-state index contributed by atoms with van der Waals surface area (Å²) in [7, 11) is 0. The summed E-state index contributed by atoms with van der Waals surface area (Å²) in [5.41, 5.74) is 0.0911. The first-order chi connectivity index (χ1) is 17.7. The van der Waals surface area contributed by atoms with E-state index in [1.807, 2.05) is 6.92 Å². The summed E-state index contributed by atoms with van der Waals surface area (Å²) in [4.78, 5) is 0. The lowest BCUT2D eigenvalue weighted by atomic mass is 9.69. The summed E-state index contributed by atoms with van der Waals surface area (Å²) < 4.78 is 72.3. The predicted molar refractivity (Wildman–Crippen MR) is 138 cm³/mol. The highest BCUT2D eigenvalue weighted by Gasteiger charge is 2.33. The van der Waals surface area contributed by atoms with Gasteiger partial charge in [-0.3, -0.25) is 0 Å². The fourth-order valence-electron chi connectivity index (χ4n) is 6.93. The summed E-state index contributed by atoms with van der Waals surface area (Å²) in [5, 5.41) is 0. The van der Waals surface area contributed by atoms with Gasteiger partial charge in [-0.25, -0.2) is 13.2 Å². The molecule has 3 aliphatic rings. The molecular formula is C31H41F5O. The number of halogens is 5. The molecule has 6 heteroatoms. The van der Waals surface area contributed by atoms with Crippen molar-refractivity contribution in [2.45, 2.75) is 97.5 Å². The summed E-state index contributed by atoms with van der Waals surface area (Å²) >= 11 is 0. The van der Waals surface area contributed by atoms with Crippen molar-refractivity contribution < 1.29 is 26.7 Å². The number of ether oxygens (including phenoxy) is 1.